The summed E-state index contributed by atoms with van der Waals surface area (Å²) in [6.45, 7) is 3.82. The molecule has 1 N–H and O–H groups in total. The third-order valence-electron chi connectivity index (χ3n) is 5.60. The van der Waals surface area contributed by atoms with Gasteiger partial charge in [0.2, 0.25) is 0 Å². The number of ketones is 1. The van der Waals surface area contributed by atoms with Crippen molar-refractivity contribution in [2.45, 2.75) is 0 Å². The van der Waals surface area contributed by atoms with E-state index < -0.39 is 0 Å². The molecule has 1 saturated heterocycles. The zero-order chi connectivity index (χ0) is 23.2. The molecule has 1 amide bonds. The van der Waals surface area contributed by atoms with E-state index in [0.717, 1.165) is 31.9 Å². The predicted molar refractivity (Wildman–Crippen MR) is 132 cm³/mol. The Kier molecular flexibility index (Phi) is 7.27. The molecule has 170 valence electrons. The van der Waals surface area contributed by atoms with Crippen molar-refractivity contribution in [3.63, 3.8) is 0 Å². The van der Waals surface area contributed by atoms with Crippen LogP contribution < -0.4 is 15.0 Å². The van der Waals surface area contributed by atoms with Crippen molar-refractivity contribution in [2.24, 2.45) is 0 Å². The molecule has 0 atom stereocenters. The zero-order valence-corrected chi connectivity index (χ0v) is 19.2. The number of carbonyl (C=O) groups is 2. The predicted octanol–water partition coefficient (Wildman–Crippen LogP) is 4.34. The second-order valence-corrected chi connectivity index (χ2v) is 8.45. The smallest absolute Gasteiger partial charge is 0.262 e. The van der Waals surface area contributed by atoms with Gasteiger partial charge >= 0.3 is 0 Å². The van der Waals surface area contributed by atoms with Crippen molar-refractivity contribution in [3.05, 3.63) is 88.9 Å². The summed E-state index contributed by atoms with van der Waals surface area (Å²) < 4.78 is 5.69. The average Bonchev–Trinajstić information content (AvgIpc) is 2.84. The van der Waals surface area contributed by atoms with Crippen LogP contribution in [0.2, 0.25) is 5.02 Å². The number of ether oxygens (including phenoxy) is 1. The molecular formula is C26H26ClN3O3. The number of hydrogen-bond donors (Lipinski definition) is 1. The molecule has 0 aromatic heterocycles. The van der Waals surface area contributed by atoms with E-state index in [0.29, 0.717) is 27.6 Å². The van der Waals surface area contributed by atoms with Gasteiger partial charge < -0.3 is 19.9 Å². The van der Waals surface area contributed by atoms with Crippen LogP contribution in [0, 0.1) is 0 Å². The number of rotatable bonds is 7. The van der Waals surface area contributed by atoms with E-state index in [4.69, 9.17) is 16.3 Å². The first kappa shape index (κ1) is 22.8. The van der Waals surface area contributed by atoms with Gasteiger partial charge in [-0.15, -0.1) is 0 Å². The fourth-order valence-electron chi connectivity index (χ4n) is 3.71. The van der Waals surface area contributed by atoms with Crippen LogP contribution in [0.25, 0.3) is 0 Å². The van der Waals surface area contributed by atoms with E-state index in [-0.39, 0.29) is 18.3 Å². The van der Waals surface area contributed by atoms with Gasteiger partial charge in [0.1, 0.15) is 5.75 Å². The summed E-state index contributed by atoms with van der Waals surface area (Å²) in [5.74, 6) is -0.211. The van der Waals surface area contributed by atoms with Gasteiger partial charge in [0.25, 0.3) is 5.91 Å². The molecular weight excluding hydrogens is 438 g/mol. The molecule has 0 unspecified atom stereocenters. The van der Waals surface area contributed by atoms with E-state index in [2.05, 4.69) is 22.2 Å². The molecule has 1 aliphatic rings. The monoisotopic (exact) mass is 463 g/mol. The molecule has 0 spiro atoms. The number of likely N-dealkylation sites (N-methyl/N-ethyl adjacent to an activating group) is 1. The first-order chi connectivity index (χ1) is 16.0. The Bertz CT molecular complexity index is 1110. The average molecular weight is 464 g/mol. The molecule has 0 aliphatic carbocycles. The maximum Gasteiger partial charge on any atom is 0.262 e. The van der Waals surface area contributed by atoms with E-state index >= 15 is 0 Å². The second kappa shape index (κ2) is 10.5. The highest BCUT2D eigenvalue weighted by atomic mass is 35.5. The van der Waals surface area contributed by atoms with E-state index in [1.54, 1.807) is 42.5 Å². The molecule has 1 aliphatic heterocycles. The molecule has 0 saturated carbocycles. The maximum atomic E-state index is 12.9. The van der Waals surface area contributed by atoms with Crippen molar-refractivity contribution in [1.29, 1.82) is 0 Å². The Morgan fingerprint density at radius 3 is 2.33 bits per heavy atom. The van der Waals surface area contributed by atoms with Crippen molar-refractivity contribution < 1.29 is 14.3 Å². The molecule has 3 aromatic rings. The summed E-state index contributed by atoms with van der Waals surface area (Å²) in [7, 11) is 2.13. The fraction of sp³-hybridized carbons (Fsp3) is 0.231. The molecule has 6 nitrogen and oxygen atoms in total. The van der Waals surface area contributed by atoms with Crippen LogP contribution in [-0.2, 0) is 4.79 Å². The highest BCUT2D eigenvalue weighted by Gasteiger charge is 2.17. The summed E-state index contributed by atoms with van der Waals surface area (Å²) >= 11 is 6.10. The third kappa shape index (κ3) is 5.92. The largest absolute Gasteiger partial charge is 0.483 e. The normalized spacial score (nSPS) is 14.1. The van der Waals surface area contributed by atoms with Crippen molar-refractivity contribution in [3.8, 4) is 5.75 Å². The number of halogens is 1. The zero-order valence-electron chi connectivity index (χ0n) is 18.5. The number of piperazine rings is 1. The summed E-state index contributed by atoms with van der Waals surface area (Å²) in [5, 5.41) is 3.26. The highest BCUT2D eigenvalue weighted by Crippen LogP contribution is 2.26. The minimum absolute atomic E-state index is 0.215. The lowest BCUT2D eigenvalue weighted by molar-refractivity contribution is -0.118. The van der Waals surface area contributed by atoms with Gasteiger partial charge in [0, 0.05) is 48.1 Å². The lowest BCUT2D eigenvalue weighted by Crippen LogP contribution is -2.44. The highest BCUT2D eigenvalue weighted by molar-refractivity contribution is 6.31. The van der Waals surface area contributed by atoms with Crippen molar-refractivity contribution in [2.75, 3.05) is 50.1 Å². The summed E-state index contributed by atoms with van der Waals surface area (Å²) in [4.78, 5) is 30.0. The lowest BCUT2D eigenvalue weighted by Gasteiger charge is -2.34. The molecule has 0 bridgehead atoms. The Morgan fingerprint density at radius 1 is 0.939 bits per heavy atom. The number of carbonyl (C=O) groups excluding carboxylic acids is 2. The Balaban J connectivity index is 1.37. The van der Waals surface area contributed by atoms with Crippen LogP contribution in [0.4, 0.5) is 11.4 Å². The van der Waals surface area contributed by atoms with Crippen LogP contribution in [0.3, 0.4) is 0 Å². The Labute approximate surface area is 198 Å². The maximum absolute atomic E-state index is 12.9. The quantitative estimate of drug-likeness (QED) is 0.528. The first-order valence-corrected chi connectivity index (χ1v) is 11.2. The van der Waals surface area contributed by atoms with Gasteiger partial charge in [0.15, 0.2) is 12.4 Å². The van der Waals surface area contributed by atoms with E-state index in [9.17, 15) is 9.59 Å². The van der Waals surface area contributed by atoms with Crippen LogP contribution >= 0.6 is 11.6 Å². The van der Waals surface area contributed by atoms with E-state index in [1.165, 1.54) is 0 Å². The van der Waals surface area contributed by atoms with Gasteiger partial charge in [-0.3, -0.25) is 9.59 Å². The number of nitrogens with zero attached hydrogens (tertiary/aromatic N) is 2. The molecule has 1 fully saturated rings. The third-order valence-corrected chi connectivity index (χ3v) is 5.84. The molecule has 0 radical (unpaired) electrons. The summed E-state index contributed by atoms with van der Waals surface area (Å²) in [6, 6.07) is 21.5. The Hall–Kier alpha value is -3.35. The number of amides is 1. The molecule has 1 heterocycles. The number of hydrogen-bond acceptors (Lipinski definition) is 5. The van der Waals surface area contributed by atoms with Gasteiger partial charge in [-0.05, 0) is 49.5 Å². The fourth-order valence-corrected chi connectivity index (χ4v) is 3.88. The number of benzene rings is 3. The standard InChI is InChI=1S/C26H26ClN3O3/c1-29-13-15-30(16-14-29)22-10-8-21(9-11-22)28-25(31)18-33-24-12-7-20(27)17-23(24)26(32)19-5-3-2-4-6-19/h2-12,17H,13-16,18H2,1H3,(H,28,31). The summed E-state index contributed by atoms with van der Waals surface area (Å²) in [5.41, 5.74) is 2.67. The molecule has 33 heavy (non-hydrogen) atoms. The molecule has 3 aromatic carbocycles. The molecule has 7 heteroatoms. The topological polar surface area (TPSA) is 61.9 Å². The number of anilines is 2. The van der Waals surface area contributed by atoms with Crippen molar-refractivity contribution >= 4 is 34.7 Å². The lowest BCUT2D eigenvalue weighted by atomic mass is 10.0. The second-order valence-electron chi connectivity index (χ2n) is 8.01. The van der Waals surface area contributed by atoms with Crippen LogP contribution in [0.5, 0.6) is 5.75 Å². The minimum Gasteiger partial charge on any atom is -0.483 e. The van der Waals surface area contributed by atoms with Crippen LogP contribution in [0.15, 0.2) is 72.8 Å². The summed E-state index contributed by atoms with van der Waals surface area (Å²) in [6.07, 6.45) is 0. The van der Waals surface area contributed by atoms with Gasteiger partial charge in [-0.2, -0.15) is 0 Å². The first-order valence-electron chi connectivity index (χ1n) is 10.8. The molecule has 4 rings (SSSR count). The van der Waals surface area contributed by atoms with Crippen LogP contribution in [-0.4, -0.2) is 56.4 Å². The van der Waals surface area contributed by atoms with Crippen molar-refractivity contribution in [1.82, 2.24) is 4.90 Å². The SMILES string of the molecule is CN1CCN(c2ccc(NC(=O)COc3ccc(Cl)cc3C(=O)c3ccccc3)cc2)CC1. The number of nitrogens with one attached hydrogen (secondary N) is 1. The minimum atomic E-state index is -0.310. The van der Waals surface area contributed by atoms with Gasteiger partial charge in [-0.1, -0.05) is 41.9 Å². The van der Waals surface area contributed by atoms with Gasteiger partial charge in [-0.25, -0.2) is 0 Å². The van der Waals surface area contributed by atoms with E-state index in [1.807, 2.05) is 30.3 Å². The van der Waals surface area contributed by atoms with Crippen LogP contribution in [0.1, 0.15) is 15.9 Å². The Morgan fingerprint density at radius 2 is 1.64 bits per heavy atom. The van der Waals surface area contributed by atoms with Gasteiger partial charge in [0.05, 0.1) is 5.56 Å².